The van der Waals surface area contributed by atoms with Crippen LogP contribution in [-0.4, -0.2) is 24.6 Å². The molecule has 0 saturated heterocycles. The van der Waals surface area contributed by atoms with Crippen molar-refractivity contribution >= 4 is 0 Å². The molecule has 4 heteroatoms. The number of nitrogens with one attached hydrogen (secondary N) is 2. The fraction of sp³-hybridized carbons (Fsp3) is 0.778. The fourth-order valence-corrected chi connectivity index (χ4v) is 1.41. The minimum atomic E-state index is 0.547. The maximum absolute atomic E-state index is 5.76. The van der Waals surface area contributed by atoms with E-state index in [0.29, 0.717) is 12.0 Å². The molecule has 0 saturated carbocycles. The summed E-state index contributed by atoms with van der Waals surface area (Å²) in [7, 11) is 2.00. The summed E-state index contributed by atoms with van der Waals surface area (Å²) in [4.78, 5) is 0. The van der Waals surface area contributed by atoms with E-state index in [4.69, 9.17) is 5.84 Å². The van der Waals surface area contributed by atoms with E-state index in [-0.39, 0.29) is 0 Å². The number of hydrazine groups is 1. The van der Waals surface area contributed by atoms with Gasteiger partial charge in [0.2, 0.25) is 0 Å². The van der Waals surface area contributed by atoms with Crippen LogP contribution in [0.4, 0.5) is 0 Å². The number of nitrogens with zero attached hydrogens (tertiary/aromatic N) is 1. The van der Waals surface area contributed by atoms with E-state index >= 15 is 0 Å². The smallest absolute Gasteiger partial charge is 0.136 e. The van der Waals surface area contributed by atoms with E-state index in [0.717, 1.165) is 18.8 Å². The Kier molecular flexibility index (Phi) is 3.57. The first-order valence-corrected chi connectivity index (χ1v) is 4.81. The summed E-state index contributed by atoms with van der Waals surface area (Å²) in [5.74, 6) is 7.45. The molecule has 1 atom stereocenters. The Hall–Kier alpha value is -0.740. The molecule has 0 aliphatic carbocycles. The molecule has 0 aromatic carbocycles. The van der Waals surface area contributed by atoms with Crippen LogP contribution in [0.1, 0.15) is 20.3 Å². The van der Waals surface area contributed by atoms with Crippen LogP contribution in [0, 0.1) is 5.92 Å². The highest BCUT2D eigenvalue weighted by atomic mass is 15.5. The van der Waals surface area contributed by atoms with Gasteiger partial charge in [-0.1, -0.05) is 13.8 Å². The standard InChI is InChI=1S/C9H20N4/c1-7(2)8(11-3)4-5-13(10)9-6-12-9/h6-8,11-12H,4-5,10H2,1-3H3/t8-/m1/s1. The SMILES string of the molecule is CN[C@H](CCN(N)C1=CN1)C(C)C. The molecule has 13 heavy (non-hydrogen) atoms. The van der Waals surface area contributed by atoms with Gasteiger partial charge < -0.3 is 10.6 Å². The lowest BCUT2D eigenvalue weighted by Crippen LogP contribution is -2.37. The van der Waals surface area contributed by atoms with Crippen LogP contribution in [0.15, 0.2) is 12.0 Å². The van der Waals surface area contributed by atoms with Gasteiger partial charge in [0.1, 0.15) is 5.82 Å². The summed E-state index contributed by atoms with van der Waals surface area (Å²) in [6, 6.07) is 0.547. The molecule has 0 bridgehead atoms. The van der Waals surface area contributed by atoms with Gasteiger partial charge in [-0.15, -0.1) is 0 Å². The van der Waals surface area contributed by atoms with Crippen molar-refractivity contribution in [3.8, 4) is 0 Å². The normalized spacial score (nSPS) is 16.5. The van der Waals surface area contributed by atoms with Gasteiger partial charge in [0, 0.05) is 18.8 Å². The van der Waals surface area contributed by atoms with E-state index in [9.17, 15) is 0 Å². The first kappa shape index (κ1) is 10.3. The predicted molar refractivity (Wildman–Crippen MR) is 54.4 cm³/mol. The summed E-state index contributed by atoms with van der Waals surface area (Å²) in [5.41, 5.74) is 0. The van der Waals surface area contributed by atoms with Crippen LogP contribution in [-0.2, 0) is 0 Å². The Morgan fingerprint density at radius 3 is 2.62 bits per heavy atom. The largest absolute Gasteiger partial charge is 0.343 e. The molecule has 0 unspecified atom stereocenters. The minimum absolute atomic E-state index is 0.547. The Balaban J connectivity index is 2.18. The van der Waals surface area contributed by atoms with Crippen molar-refractivity contribution < 1.29 is 0 Å². The zero-order valence-corrected chi connectivity index (χ0v) is 8.67. The van der Waals surface area contributed by atoms with Gasteiger partial charge in [0.05, 0.1) is 0 Å². The molecular weight excluding hydrogens is 164 g/mol. The van der Waals surface area contributed by atoms with Crippen molar-refractivity contribution in [1.82, 2.24) is 15.6 Å². The van der Waals surface area contributed by atoms with Gasteiger partial charge in [-0.25, -0.2) is 5.84 Å². The Bertz CT molecular complexity index is 188. The van der Waals surface area contributed by atoms with Crippen LogP contribution < -0.4 is 16.5 Å². The van der Waals surface area contributed by atoms with Crippen molar-refractivity contribution in [1.29, 1.82) is 0 Å². The molecule has 0 amide bonds. The molecule has 0 radical (unpaired) electrons. The zero-order chi connectivity index (χ0) is 9.84. The van der Waals surface area contributed by atoms with E-state index < -0.39 is 0 Å². The molecule has 0 spiro atoms. The molecule has 1 aliphatic rings. The topological polar surface area (TPSA) is 63.2 Å². The van der Waals surface area contributed by atoms with Crippen molar-refractivity contribution in [2.75, 3.05) is 13.6 Å². The summed E-state index contributed by atoms with van der Waals surface area (Å²) in [6.07, 6.45) is 2.98. The number of hydrogen-bond donors (Lipinski definition) is 3. The summed E-state index contributed by atoms with van der Waals surface area (Å²) >= 11 is 0. The minimum Gasteiger partial charge on any atom is -0.343 e. The number of nitrogens with two attached hydrogens (primary N) is 1. The van der Waals surface area contributed by atoms with Gasteiger partial charge in [-0.3, -0.25) is 5.01 Å². The lowest BCUT2D eigenvalue weighted by atomic mass is 10.0. The van der Waals surface area contributed by atoms with E-state index in [1.54, 1.807) is 5.01 Å². The highest BCUT2D eigenvalue weighted by Gasteiger charge is 2.16. The average Bonchev–Trinajstić information content (AvgIpc) is 2.86. The zero-order valence-electron chi connectivity index (χ0n) is 8.67. The molecule has 76 valence electrons. The second-order valence-electron chi connectivity index (χ2n) is 3.80. The molecule has 1 aliphatic heterocycles. The maximum Gasteiger partial charge on any atom is 0.136 e. The van der Waals surface area contributed by atoms with Gasteiger partial charge in [-0.05, 0) is 19.4 Å². The van der Waals surface area contributed by atoms with E-state index in [2.05, 4.69) is 24.5 Å². The van der Waals surface area contributed by atoms with Crippen molar-refractivity contribution in [2.45, 2.75) is 26.3 Å². The third-order valence-electron chi connectivity index (χ3n) is 2.44. The molecule has 4 nitrogen and oxygen atoms in total. The predicted octanol–water partition coefficient (Wildman–Crippen LogP) is 0.198. The van der Waals surface area contributed by atoms with Crippen LogP contribution in [0.3, 0.4) is 0 Å². The fourth-order valence-electron chi connectivity index (χ4n) is 1.41. The van der Waals surface area contributed by atoms with Gasteiger partial charge in [0.15, 0.2) is 0 Å². The average molecular weight is 184 g/mol. The van der Waals surface area contributed by atoms with Crippen molar-refractivity contribution in [3.05, 3.63) is 12.0 Å². The van der Waals surface area contributed by atoms with Gasteiger partial charge in [0.25, 0.3) is 0 Å². The Labute approximate surface area is 80.1 Å². The monoisotopic (exact) mass is 184 g/mol. The molecule has 0 fully saturated rings. The highest BCUT2D eigenvalue weighted by Crippen LogP contribution is 2.09. The number of rotatable bonds is 6. The van der Waals surface area contributed by atoms with Crippen LogP contribution >= 0.6 is 0 Å². The van der Waals surface area contributed by atoms with Crippen molar-refractivity contribution in [2.24, 2.45) is 11.8 Å². The molecule has 4 N–H and O–H groups in total. The summed E-state index contributed by atoms with van der Waals surface area (Å²) < 4.78 is 0. The molecule has 1 rings (SSSR count). The molecule has 0 aromatic heterocycles. The Morgan fingerprint density at radius 2 is 2.23 bits per heavy atom. The first-order valence-electron chi connectivity index (χ1n) is 4.81. The van der Waals surface area contributed by atoms with Gasteiger partial charge >= 0.3 is 0 Å². The maximum atomic E-state index is 5.76. The second kappa shape index (κ2) is 4.48. The van der Waals surface area contributed by atoms with Crippen LogP contribution in [0.5, 0.6) is 0 Å². The summed E-state index contributed by atoms with van der Waals surface area (Å²) in [6.45, 7) is 5.33. The van der Waals surface area contributed by atoms with Crippen molar-refractivity contribution in [3.63, 3.8) is 0 Å². The third-order valence-corrected chi connectivity index (χ3v) is 2.44. The lowest BCUT2D eigenvalue weighted by molar-refractivity contribution is 0.306. The van der Waals surface area contributed by atoms with E-state index in [1.165, 1.54) is 0 Å². The summed E-state index contributed by atoms with van der Waals surface area (Å²) in [5, 5.41) is 8.03. The molecular formula is C9H20N4. The molecule has 1 heterocycles. The highest BCUT2D eigenvalue weighted by molar-refractivity contribution is 5.13. The quantitative estimate of drug-likeness (QED) is 0.407. The van der Waals surface area contributed by atoms with Gasteiger partial charge in [-0.2, -0.15) is 0 Å². The number of hydrogen-bond acceptors (Lipinski definition) is 4. The first-order chi connectivity index (χ1) is 6.15. The third kappa shape index (κ3) is 3.24. The Morgan fingerprint density at radius 1 is 1.62 bits per heavy atom. The molecule has 0 aromatic rings. The van der Waals surface area contributed by atoms with Crippen LogP contribution in [0.2, 0.25) is 0 Å². The second-order valence-corrected chi connectivity index (χ2v) is 3.80. The van der Waals surface area contributed by atoms with E-state index in [1.807, 2.05) is 13.2 Å². The van der Waals surface area contributed by atoms with Crippen LogP contribution in [0.25, 0.3) is 0 Å². The lowest BCUT2D eigenvalue weighted by Gasteiger charge is -2.22.